The number of rotatable bonds is 5. The van der Waals surface area contributed by atoms with Crippen molar-refractivity contribution in [2.24, 2.45) is 0 Å². The molecule has 2 aromatic rings. The van der Waals surface area contributed by atoms with E-state index in [4.69, 9.17) is 4.74 Å². The third kappa shape index (κ3) is 3.28. The molecule has 4 rings (SSSR count). The number of benzene rings is 1. The summed E-state index contributed by atoms with van der Waals surface area (Å²) in [4.78, 5) is 27.7. The highest BCUT2D eigenvalue weighted by Crippen LogP contribution is 2.40. The minimum Gasteiger partial charge on any atom is -0.503 e. The monoisotopic (exact) mass is 387 g/mol. The fourth-order valence-electron chi connectivity index (χ4n) is 3.61. The molecule has 1 aromatic carbocycles. The second-order valence-electron chi connectivity index (χ2n) is 6.62. The Morgan fingerprint density at radius 3 is 2.70 bits per heavy atom. The number of carbonyl (C=O) groups is 2. The zero-order valence-corrected chi connectivity index (χ0v) is 15.2. The highest BCUT2D eigenvalue weighted by atomic mass is 32.1. The van der Waals surface area contributed by atoms with Gasteiger partial charge >= 0.3 is 0 Å². The van der Waals surface area contributed by atoms with Gasteiger partial charge in [-0.25, -0.2) is 4.39 Å². The Hall–Kier alpha value is -2.51. The molecule has 2 aliphatic rings. The Morgan fingerprint density at radius 2 is 2.07 bits per heavy atom. The summed E-state index contributed by atoms with van der Waals surface area (Å²) in [6.45, 7) is 0.903. The van der Waals surface area contributed by atoms with Gasteiger partial charge in [-0.2, -0.15) is 0 Å². The van der Waals surface area contributed by atoms with E-state index >= 15 is 0 Å². The molecule has 1 amide bonds. The third-order valence-corrected chi connectivity index (χ3v) is 5.77. The van der Waals surface area contributed by atoms with Crippen molar-refractivity contribution in [1.82, 2.24) is 4.90 Å². The van der Waals surface area contributed by atoms with E-state index in [1.165, 1.54) is 40.5 Å². The van der Waals surface area contributed by atoms with Crippen molar-refractivity contribution in [2.45, 2.75) is 25.0 Å². The van der Waals surface area contributed by atoms with Gasteiger partial charge in [0.15, 0.2) is 5.76 Å². The lowest BCUT2D eigenvalue weighted by Gasteiger charge is -2.28. The number of hydrogen-bond donors (Lipinski definition) is 1. The maximum atomic E-state index is 13.4. The van der Waals surface area contributed by atoms with Gasteiger partial charge in [0, 0.05) is 13.2 Å². The van der Waals surface area contributed by atoms with Crippen molar-refractivity contribution in [3.63, 3.8) is 0 Å². The smallest absolute Gasteiger partial charge is 0.290 e. The lowest BCUT2D eigenvalue weighted by Crippen LogP contribution is -2.37. The van der Waals surface area contributed by atoms with Crippen LogP contribution in [0.25, 0.3) is 0 Å². The lowest BCUT2D eigenvalue weighted by molar-refractivity contribution is -0.131. The Labute approximate surface area is 159 Å². The number of Topliss-reactive ketones (excluding diaryl/α,β-unsaturated/α-hetero) is 1. The van der Waals surface area contributed by atoms with Crippen LogP contribution in [0.2, 0.25) is 0 Å². The average molecular weight is 387 g/mol. The highest BCUT2D eigenvalue weighted by Gasteiger charge is 2.45. The third-order valence-electron chi connectivity index (χ3n) is 4.90. The Morgan fingerprint density at radius 1 is 1.30 bits per heavy atom. The molecule has 140 valence electrons. The van der Waals surface area contributed by atoms with E-state index < -0.39 is 23.5 Å². The molecule has 1 aromatic heterocycles. The molecule has 3 heterocycles. The Bertz CT molecular complexity index is 885. The standard InChI is InChI=1S/C20H18FNO4S/c21-13-7-5-12(6-8-13)17-16(18(23)15-4-2-10-27-15)19(24)20(25)22(17)11-14-3-1-9-26-14/h2,4-8,10,14,17,24H,1,3,9,11H2/t14-,17+/m0/s1. The van der Waals surface area contributed by atoms with Crippen molar-refractivity contribution in [2.75, 3.05) is 13.2 Å². The molecule has 2 aliphatic heterocycles. The van der Waals surface area contributed by atoms with Crippen LogP contribution in [-0.2, 0) is 9.53 Å². The van der Waals surface area contributed by atoms with E-state index in [-0.39, 0.29) is 24.0 Å². The molecule has 2 atom stereocenters. The Balaban J connectivity index is 1.75. The van der Waals surface area contributed by atoms with Crippen molar-refractivity contribution in [3.05, 3.63) is 69.4 Å². The molecule has 5 nitrogen and oxygen atoms in total. The summed E-state index contributed by atoms with van der Waals surface area (Å²) in [5.41, 5.74) is 0.610. The molecule has 1 saturated heterocycles. The number of nitrogens with zero attached hydrogens (tertiary/aromatic N) is 1. The number of thiophene rings is 1. The maximum absolute atomic E-state index is 13.4. The first-order chi connectivity index (χ1) is 13.1. The van der Waals surface area contributed by atoms with Crippen LogP contribution in [-0.4, -0.2) is 41.0 Å². The van der Waals surface area contributed by atoms with Crippen LogP contribution in [0, 0.1) is 5.82 Å². The summed E-state index contributed by atoms with van der Waals surface area (Å²) in [5, 5.41) is 12.3. The van der Waals surface area contributed by atoms with Gasteiger partial charge in [-0.15, -0.1) is 11.3 Å². The quantitative estimate of drug-likeness (QED) is 0.796. The number of carbonyl (C=O) groups excluding carboxylic acids is 2. The second kappa shape index (κ2) is 7.25. The predicted molar refractivity (Wildman–Crippen MR) is 98.1 cm³/mol. The SMILES string of the molecule is O=C(C1=C(O)C(=O)N(C[C@@H]2CCCO2)[C@@H]1c1ccc(F)cc1)c1cccs1. The molecule has 0 unspecified atom stereocenters. The van der Waals surface area contributed by atoms with Crippen molar-refractivity contribution in [1.29, 1.82) is 0 Å². The predicted octanol–water partition coefficient (Wildman–Crippen LogP) is 3.64. The topological polar surface area (TPSA) is 66.8 Å². The minimum absolute atomic E-state index is 0.0343. The van der Waals surface area contributed by atoms with Crippen molar-refractivity contribution >= 4 is 23.0 Å². The van der Waals surface area contributed by atoms with Crippen LogP contribution in [0.3, 0.4) is 0 Å². The maximum Gasteiger partial charge on any atom is 0.290 e. The number of halogens is 1. The number of amides is 1. The number of ether oxygens (including phenoxy) is 1. The van der Waals surface area contributed by atoms with Gasteiger partial charge in [0.05, 0.1) is 22.6 Å². The summed E-state index contributed by atoms with van der Waals surface area (Å²) in [7, 11) is 0. The molecule has 0 bridgehead atoms. The molecule has 0 spiro atoms. The second-order valence-corrected chi connectivity index (χ2v) is 7.56. The van der Waals surface area contributed by atoms with Crippen LogP contribution < -0.4 is 0 Å². The van der Waals surface area contributed by atoms with Gasteiger partial charge in [-0.1, -0.05) is 18.2 Å². The van der Waals surface area contributed by atoms with Gasteiger partial charge in [-0.3, -0.25) is 9.59 Å². The van der Waals surface area contributed by atoms with Gasteiger partial charge in [0.2, 0.25) is 5.78 Å². The fourth-order valence-corrected chi connectivity index (χ4v) is 4.29. The average Bonchev–Trinajstić information content (AvgIpc) is 3.41. The molecule has 0 saturated carbocycles. The van der Waals surface area contributed by atoms with Gasteiger partial charge in [0.1, 0.15) is 5.82 Å². The largest absolute Gasteiger partial charge is 0.503 e. The number of aliphatic hydroxyl groups is 1. The Kier molecular flexibility index (Phi) is 4.80. The summed E-state index contributed by atoms with van der Waals surface area (Å²) in [5.74, 6) is -1.94. The normalized spacial score (nSPS) is 22.7. The van der Waals surface area contributed by atoms with Gasteiger partial charge in [0.25, 0.3) is 5.91 Å². The first-order valence-electron chi connectivity index (χ1n) is 8.75. The number of hydrogen-bond acceptors (Lipinski definition) is 5. The summed E-state index contributed by atoms with van der Waals surface area (Å²) < 4.78 is 19.0. The molecule has 27 heavy (non-hydrogen) atoms. The summed E-state index contributed by atoms with van der Waals surface area (Å²) in [6.07, 6.45) is 1.59. The molecular weight excluding hydrogens is 369 g/mol. The van der Waals surface area contributed by atoms with Crippen LogP contribution in [0.15, 0.2) is 53.1 Å². The summed E-state index contributed by atoms with van der Waals surface area (Å²) in [6, 6.07) is 8.27. The van der Waals surface area contributed by atoms with Crippen LogP contribution in [0.1, 0.15) is 34.1 Å². The minimum atomic E-state index is -0.767. The zero-order valence-electron chi connectivity index (χ0n) is 14.4. The highest BCUT2D eigenvalue weighted by molar-refractivity contribution is 7.12. The number of ketones is 1. The molecule has 0 aliphatic carbocycles. The van der Waals surface area contributed by atoms with E-state index in [9.17, 15) is 19.1 Å². The van der Waals surface area contributed by atoms with Crippen molar-refractivity contribution in [3.8, 4) is 0 Å². The molecule has 0 radical (unpaired) electrons. The van der Waals surface area contributed by atoms with E-state index in [1.807, 2.05) is 0 Å². The van der Waals surface area contributed by atoms with E-state index in [0.29, 0.717) is 17.0 Å². The molecule has 1 fully saturated rings. The summed E-state index contributed by atoms with van der Waals surface area (Å²) >= 11 is 1.25. The van der Waals surface area contributed by atoms with Crippen molar-refractivity contribution < 1.29 is 23.8 Å². The van der Waals surface area contributed by atoms with Gasteiger partial charge < -0.3 is 14.7 Å². The van der Waals surface area contributed by atoms with Crippen LogP contribution >= 0.6 is 11.3 Å². The zero-order chi connectivity index (χ0) is 19.0. The van der Waals surface area contributed by atoms with Gasteiger partial charge in [-0.05, 0) is 42.0 Å². The van der Waals surface area contributed by atoms with Crippen LogP contribution in [0.5, 0.6) is 0 Å². The van der Waals surface area contributed by atoms with Crippen LogP contribution in [0.4, 0.5) is 4.39 Å². The van der Waals surface area contributed by atoms with E-state index in [0.717, 1.165) is 12.8 Å². The molecular formula is C20H18FNO4S. The lowest BCUT2D eigenvalue weighted by atomic mass is 9.95. The van der Waals surface area contributed by atoms with E-state index in [1.54, 1.807) is 17.5 Å². The van der Waals surface area contributed by atoms with E-state index in [2.05, 4.69) is 0 Å². The molecule has 7 heteroatoms. The first-order valence-corrected chi connectivity index (χ1v) is 9.63. The number of aliphatic hydroxyl groups excluding tert-OH is 1. The molecule has 1 N–H and O–H groups in total. The first kappa shape index (κ1) is 17.9. The fraction of sp³-hybridized carbons (Fsp3) is 0.300.